The Balaban J connectivity index is 2.00. The first-order valence-corrected chi connectivity index (χ1v) is 6.40. The molecule has 0 radical (unpaired) electrons. The number of likely N-dealkylation sites (tertiary alicyclic amines) is 1. The number of aromatic carboxylic acids is 1. The first-order chi connectivity index (χ1) is 8.38. The van der Waals surface area contributed by atoms with Gasteiger partial charge in [0.25, 0.3) is 0 Å². The summed E-state index contributed by atoms with van der Waals surface area (Å²) in [5.41, 5.74) is 0.599. The number of hydrogen-bond donors (Lipinski definition) is 1. The van der Waals surface area contributed by atoms with Gasteiger partial charge in [-0.15, -0.1) is 0 Å². The highest BCUT2D eigenvalue weighted by Crippen LogP contribution is 2.34. The van der Waals surface area contributed by atoms with Crippen molar-refractivity contribution in [1.29, 1.82) is 0 Å². The molecule has 4 nitrogen and oxygen atoms in total. The van der Waals surface area contributed by atoms with Crippen LogP contribution in [0.3, 0.4) is 0 Å². The summed E-state index contributed by atoms with van der Waals surface area (Å²) in [6.45, 7) is 9.41. The predicted octanol–water partition coefficient (Wildman–Crippen LogP) is 2.85. The molecule has 1 aliphatic rings. The summed E-state index contributed by atoms with van der Waals surface area (Å²) in [5.74, 6) is 0.322. The number of carboxylic acid groups (broad SMARTS) is 1. The third-order valence-corrected chi connectivity index (χ3v) is 3.84. The Morgan fingerprint density at radius 2 is 2.28 bits per heavy atom. The summed E-state index contributed by atoms with van der Waals surface area (Å²) in [4.78, 5) is 13.3. The van der Waals surface area contributed by atoms with Crippen molar-refractivity contribution in [2.75, 3.05) is 13.1 Å². The summed E-state index contributed by atoms with van der Waals surface area (Å²) < 4.78 is 5.29. The Bertz CT molecular complexity index is 430. The molecule has 1 aromatic rings. The molecule has 0 aliphatic carbocycles. The van der Waals surface area contributed by atoms with Gasteiger partial charge in [-0.2, -0.15) is 0 Å². The third kappa shape index (κ3) is 2.75. The second-order valence-electron chi connectivity index (χ2n) is 6.15. The van der Waals surface area contributed by atoms with Crippen molar-refractivity contribution in [3.63, 3.8) is 0 Å². The van der Waals surface area contributed by atoms with Gasteiger partial charge in [-0.25, -0.2) is 4.79 Å². The van der Waals surface area contributed by atoms with Gasteiger partial charge >= 0.3 is 5.97 Å². The highest BCUT2D eigenvalue weighted by Gasteiger charge is 2.32. The summed E-state index contributed by atoms with van der Waals surface area (Å²) in [6, 6.07) is 1.52. The van der Waals surface area contributed by atoms with E-state index >= 15 is 0 Å². The van der Waals surface area contributed by atoms with E-state index in [1.54, 1.807) is 0 Å². The minimum absolute atomic E-state index is 0.286. The van der Waals surface area contributed by atoms with Gasteiger partial charge < -0.3 is 9.52 Å². The summed E-state index contributed by atoms with van der Waals surface area (Å²) in [7, 11) is 0. The zero-order valence-corrected chi connectivity index (χ0v) is 11.3. The molecule has 0 spiro atoms. The van der Waals surface area contributed by atoms with Gasteiger partial charge in [-0.1, -0.05) is 20.8 Å². The zero-order chi connectivity index (χ0) is 13.3. The number of rotatable bonds is 3. The van der Waals surface area contributed by atoms with Gasteiger partial charge in [0.15, 0.2) is 0 Å². The van der Waals surface area contributed by atoms with E-state index in [0.717, 1.165) is 13.1 Å². The van der Waals surface area contributed by atoms with Crippen molar-refractivity contribution in [2.45, 2.75) is 33.7 Å². The monoisotopic (exact) mass is 251 g/mol. The Morgan fingerprint density at radius 1 is 1.56 bits per heavy atom. The molecule has 1 saturated heterocycles. The largest absolute Gasteiger partial charge is 0.478 e. The van der Waals surface area contributed by atoms with Crippen LogP contribution < -0.4 is 0 Å². The molecule has 0 bridgehead atoms. The van der Waals surface area contributed by atoms with Gasteiger partial charge in [0.2, 0.25) is 0 Å². The van der Waals surface area contributed by atoms with Crippen LogP contribution in [0.2, 0.25) is 0 Å². The first-order valence-electron chi connectivity index (χ1n) is 6.40. The van der Waals surface area contributed by atoms with E-state index in [-0.39, 0.29) is 5.56 Å². The van der Waals surface area contributed by atoms with Crippen molar-refractivity contribution in [2.24, 2.45) is 11.3 Å². The molecule has 1 unspecified atom stereocenters. The van der Waals surface area contributed by atoms with Crippen LogP contribution in [-0.4, -0.2) is 29.1 Å². The van der Waals surface area contributed by atoms with E-state index in [9.17, 15) is 4.79 Å². The fraction of sp³-hybridized carbons (Fsp3) is 0.643. The minimum atomic E-state index is -0.912. The van der Waals surface area contributed by atoms with E-state index in [2.05, 4.69) is 25.7 Å². The maximum Gasteiger partial charge on any atom is 0.339 e. The molecule has 0 aromatic carbocycles. The van der Waals surface area contributed by atoms with Crippen molar-refractivity contribution in [3.8, 4) is 0 Å². The van der Waals surface area contributed by atoms with Crippen LogP contribution in [0.25, 0.3) is 0 Å². The fourth-order valence-electron chi connectivity index (χ4n) is 2.54. The quantitative estimate of drug-likeness (QED) is 0.897. The van der Waals surface area contributed by atoms with E-state index in [4.69, 9.17) is 9.52 Å². The lowest BCUT2D eigenvalue weighted by Gasteiger charge is -2.26. The molecule has 100 valence electrons. The molecule has 0 amide bonds. The molecule has 1 aliphatic heterocycles. The van der Waals surface area contributed by atoms with Crippen molar-refractivity contribution < 1.29 is 14.3 Å². The molecule has 18 heavy (non-hydrogen) atoms. The number of carboxylic acids is 1. The zero-order valence-electron chi connectivity index (χ0n) is 11.3. The van der Waals surface area contributed by atoms with E-state index in [0.29, 0.717) is 23.6 Å². The van der Waals surface area contributed by atoms with E-state index < -0.39 is 5.97 Å². The Hall–Kier alpha value is -1.29. The molecule has 2 heterocycles. The molecule has 1 atom stereocenters. The highest BCUT2D eigenvalue weighted by atomic mass is 16.4. The van der Waals surface area contributed by atoms with Crippen LogP contribution in [0.5, 0.6) is 0 Å². The molecule has 2 rings (SSSR count). The number of hydrogen-bond acceptors (Lipinski definition) is 3. The maximum absolute atomic E-state index is 11.0. The summed E-state index contributed by atoms with van der Waals surface area (Å²) >= 11 is 0. The van der Waals surface area contributed by atoms with Crippen LogP contribution in [0.15, 0.2) is 16.7 Å². The topological polar surface area (TPSA) is 53.7 Å². The van der Waals surface area contributed by atoms with Crippen LogP contribution in [0.4, 0.5) is 0 Å². The standard InChI is InChI=1S/C14H21NO3/c1-14(2,3)10-4-6-15(8-10)9-12-11(13(16)17)5-7-18-12/h5,7,10H,4,6,8-9H2,1-3H3,(H,16,17). The average molecular weight is 251 g/mol. The van der Waals surface area contributed by atoms with Crippen LogP contribution in [0.1, 0.15) is 43.3 Å². The maximum atomic E-state index is 11.0. The van der Waals surface area contributed by atoms with E-state index in [1.807, 2.05) is 0 Å². The van der Waals surface area contributed by atoms with Gasteiger partial charge in [0.1, 0.15) is 11.3 Å². The Kier molecular flexibility index (Phi) is 3.48. The number of furan rings is 1. The van der Waals surface area contributed by atoms with Crippen LogP contribution >= 0.6 is 0 Å². The predicted molar refractivity (Wildman–Crippen MR) is 68.5 cm³/mol. The Labute approximate surface area is 108 Å². The van der Waals surface area contributed by atoms with Crippen molar-refractivity contribution in [3.05, 3.63) is 23.7 Å². The van der Waals surface area contributed by atoms with Gasteiger partial charge in [0, 0.05) is 6.54 Å². The lowest BCUT2D eigenvalue weighted by Crippen LogP contribution is -2.26. The minimum Gasteiger partial charge on any atom is -0.478 e. The third-order valence-electron chi connectivity index (χ3n) is 3.84. The van der Waals surface area contributed by atoms with Crippen LogP contribution in [-0.2, 0) is 6.54 Å². The van der Waals surface area contributed by atoms with Crippen molar-refractivity contribution in [1.82, 2.24) is 4.90 Å². The first kappa shape index (κ1) is 13.1. The van der Waals surface area contributed by atoms with Crippen LogP contribution in [0, 0.1) is 11.3 Å². The highest BCUT2D eigenvalue weighted by molar-refractivity contribution is 5.88. The molecule has 4 heteroatoms. The lowest BCUT2D eigenvalue weighted by molar-refractivity contribution is 0.0692. The van der Waals surface area contributed by atoms with Gasteiger partial charge in [-0.3, -0.25) is 4.90 Å². The molecule has 1 fully saturated rings. The number of carbonyl (C=O) groups is 1. The molecule has 0 saturated carbocycles. The molecular weight excluding hydrogens is 230 g/mol. The summed E-state index contributed by atoms with van der Waals surface area (Å²) in [6.07, 6.45) is 2.63. The lowest BCUT2D eigenvalue weighted by atomic mass is 9.80. The van der Waals surface area contributed by atoms with Crippen molar-refractivity contribution >= 4 is 5.97 Å². The smallest absolute Gasteiger partial charge is 0.339 e. The SMILES string of the molecule is CC(C)(C)C1CCN(Cc2occc2C(=O)O)C1. The molecule has 1 aromatic heterocycles. The van der Waals surface area contributed by atoms with E-state index in [1.165, 1.54) is 18.8 Å². The molecule has 1 N–H and O–H groups in total. The average Bonchev–Trinajstić information content (AvgIpc) is 2.85. The number of nitrogens with zero attached hydrogens (tertiary/aromatic N) is 1. The van der Waals surface area contributed by atoms with Gasteiger partial charge in [0.05, 0.1) is 12.8 Å². The second kappa shape index (κ2) is 4.76. The fourth-order valence-corrected chi connectivity index (χ4v) is 2.54. The molecular formula is C14H21NO3. The normalized spacial score (nSPS) is 21.4. The Morgan fingerprint density at radius 3 is 2.83 bits per heavy atom. The summed E-state index contributed by atoms with van der Waals surface area (Å²) in [5, 5.41) is 9.03. The van der Waals surface area contributed by atoms with Gasteiger partial charge in [-0.05, 0) is 30.4 Å². The second-order valence-corrected chi connectivity index (χ2v) is 6.15.